The normalized spacial score (nSPS) is 10.8. The third-order valence-electron chi connectivity index (χ3n) is 5.03. The number of aryl methyl sites for hydroxylation is 1. The summed E-state index contributed by atoms with van der Waals surface area (Å²) in [5.74, 6) is 0.888. The predicted octanol–water partition coefficient (Wildman–Crippen LogP) is 5.00. The van der Waals surface area contributed by atoms with Crippen LogP contribution >= 0.6 is 0 Å². The molecule has 146 valence electrons. The Hall–Kier alpha value is -3.53. The number of carbonyl (C=O) groups excluding carboxylic acids is 1. The van der Waals surface area contributed by atoms with E-state index >= 15 is 0 Å². The minimum atomic E-state index is 0.0501. The van der Waals surface area contributed by atoms with Gasteiger partial charge in [-0.1, -0.05) is 60.7 Å². The molecule has 0 atom stereocenters. The molecule has 0 radical (unpaired) electrons. The van der Waals surface area contributed by atoms with E-state index in [0.717, 1.165) is 22.4 Å². The monoisotopic (exact) mass is 384 g/mol. The van der Waals surface area contributed by atoms with Crippen LogP contribution in [0.3, 0.4) is 0 Å². The maximum absolute atomic E-state index is 12.4. The molecule has 4 rings (SSSR count). The molecule has 29 heavy (non-hydrogen) atoms. The molecule has 4 aromatic rings. The largest absolute Gasteiger partial charge is 0.489 e. The zero-order valence-electron chi connectivity index (χ0n) is 16.2. The fourth-order valence-corrected chi connectivity index (χ4v) is 3.42. The Balaban J connectivity index is 1.31. The van der Waals surface area contributed by atoms with Gasteiger partial charge in [0.2, 0.25) is 5.91 Å². The van der Waals surface area contributed by atoms with Crippen molar-refractivity contribution >= 4 is 16.8 Å². The van der Waals surface area contributed by atoms with Crippen molar-refractivity contribution in [3.63, 3.8) is 0 Å². The molecule has 1 heterocycles. The second kappa shape index (κ2) is 9.11. The van der Waals surface area contributed by atoms with Crippen LogP contribution in [-0.4, -0.2) is 10.9 Å². The van der Waals surface area contributed by atoms with E-state index in [1.807, 2.05) is 79.0 Å². The second-order valence-corrected chi connectivity index (χ2v) is 7.01. The average Bonchev–Trinajstić information content (AvgIpc) is 3.19. The van der Waals surface area contributed by atoms with E-state index in [1.165, 1.54) is 10.9 Å². The Bertz CT molecular complexity index is 1090. The van der Waals surface area contributed by atoms with Crippen LogP contribution in [0, 0.1) is 0 Å². The van der Waals surface area contributed by atoms with Crippen LogP contribution in [0.1, 0.15) is 23.1 Å². The van der Waals surface area contributed by atoms with Crippen molar-refractivity contribution in [2.24, 2.45) is 0 Å². The third kappa shape index (κ3) is 4.85. The van der Waals surface area contributed by atoms with E-state index in [0.29, 0.717) is 26.0 Å². The highest BCUT2D eigenvalue weighted by Gasteiger charge is 2.08. The number of benzene rings is 3. The van der Waals surface area contributed by atoms with Gasteiger partial charge in [-0.2, -0.15) is 0 Å². The van der Waals surface area contributed by atoms with Gasteiger partial charge in [0, 0.05) is 30.1 Å². The zero-order chi connectivity index (χ0) is 19.9. The molecule has 1 amide bonds. The number of ether oxygens (including phenoxy) is 1. The maximum atomic E-state index is 12.4. The van der Waals surface area contributed by atoms with Crippen LogP contribution < -0.4 is 10.1 Å². The SMILES string of the molecule is O=C(CCc1c[nH]c2ccccc12)NCc1ccccc1COc1ccccc1. The van der Waals surface area contributed by atoms with Crippen molar-refractivity contribution in [2.75, 3.05) is 0 Å². The lowest BCUT2D eigenvalue weighted by molar-refractivity contribution is -0.121. The molecule has 0 aliphatic rings. The summed E-state index contributed by atoms with van der Waals surface area (Å²) >= 11 is 0. The summed E-state index contributed by atoms with van der Waals surface area (Å²) in [6.07, 6.45) is 3.17. The Morgan fingerprint density at radius 2 is 1.55 bits per heavy atom. The highest BCUT2D eigenvalue weighted by Crippen LogP contribution is 2.19. The van der Waals surface area contributed by atoms with E-state index in [2.05, 4.69) is 16.4 Å². The highest BCUT2D eigenvalue weighted by molar-refractivity contribution is 5.84. The van der Waals surface area contributed by atoms with Gasteiger partial charge in [0.15, 0.2) is 0 Å². The number of aromatic nitrogens is 1. The Labute approximate surface area is 170 Å². The summed E-state index contributed by atoms with van der Waals surface area (Å²) in [6, 6.07) is 26.0. The summed E-state index contributed by atoms with van der Waals surface area (Å²) in [7, 11) is 0. The number of amides is 1. The van der Waals surface area contributed by atoms with Gasteiger partial charge in [0.05, 0.1) is 0 Å². The van der Waals surface area contributed by atoms with Gasteiger partial charge in [-0.25, -0.2) is 0 Å². The first-order valence-electron chi connectivity index (χ1n) is 9.86. The molecule has 0 fully saturated rings. The molecule has 4 heteroatoms. The van der Waals surface area contributed by atoms with Crippen molar-refractivity contribution in [1.29, 1.82) is 0 Å². The molecular weight excluding hydrogens is 360 g/mol. The lowest BCUT2D eigenvalue weighted by atomic mass is 10.1. The Kier molecular flexibility index (Phi) is 5.91. The molecule has 4 nitrogen and oxygen atoms in total. The van der Waals surface area contributed by atoms with Gasteiger partial charge >= 0.3 is 0 Å². The fourth-order valence-electron chi connectivity index (χ4n) is 3.42. The number of para-hydroxylation sites is 2. The molecule has 3 aromatic carbocycles. The maximum Gasteiger partial charge on any atom is 0.220 e. The number of hydrogen-bond donors (Lipinski definition) is 2. The van der Waals surface area contributed by atoms with E-state index in [-0.39, 0.29) is 5.91 Å². The molecule has 0 spiro atoms. The molecule has 0 bridgehead atoms. The molecule has 1 aromatic heterocycles. The molecule has 0 saturated carbocycles. The van der Waals surface area contributed by atoms with Crippen LogP contribution in [-0.2, 0) is 24.4 Å². The van der Waals surface area contributed by atoms with Crippen molar-refractivity contribution < 1.29 is 9.53 Å². The topological polar surface area (TPSA) is 54.1 Å². The molecular formula is C25H24N2O2. The number of fused-ring (bicyclic) bond motifs is 1. The number of aromatic amines is 1. The number of nitrogens with one attached hydrogen (secondary N) is 2. The number of carbonyl (C=O) groups is 1. The quantitative estimate of drug-likeness (QED) is 0.449. The van der Waals surface area contributed by atoms with Gasteiger partial charge < -0.3 is 15.0 Å². The zero-order valence-corrected chi connectivity index (χ0v) is 16.2. The number of H-pyrrole nitrogens is 1. The molecule has 0 aliphatic carbocycles. The molecule has 0 unspecified atom stereocenters. The summed E-state index contributed by atoms with van der Waals surface area (Å²) in [5.41, 5.74) is 4.43. The number of rotatable bonds is 8. The van der Waals surface area contributed by atoms with Crippen LogP contribution in [0.4, 0.5) is 0 Å². The van der Waals surface area contributed by atoms with Gasteiger partial charge in [-0.3, -0.25) is 4.79 Å². The smallest absolute Gasteiger partial charge is 0.220 e. The number of hydrogen-bond acceptors (Lipinski definition) is 2. The standard InChI is InChI=1S/C25H24N2O2/c28-25(15-14-20-17-26-24-13-7-6-12-23(20)24)27-16-19-8-4-5-9-21(19)18-29-22-10-2-1-3-11-22/h1-13,17,26H,14-16,18H2,(H,27,28). The minimum absolute atomic E-state index is 0.0501. The van der Waals surface area contributed by atoms with E-state index in [4.69, 9.17) is 4.74 Å². The van der Waals surface area contributed by atoms with Gasteiger partial charge in [0.25, 0.3) is 0 Å². The summed E-state index contributed by atoms with van der Waals surface area (Å²) in [6.45, 7) is 0.979. The van der Waals surface area contributed by atoms with Crippen molar-refractivity contribution in [2.45, 2.75) is 26.0 Å². The van der Waals surface area contributed by atoms with Crippen LogP contribution in [0.25, 0.3) is 10.9 Å². The van der Waals surface area contributed by atoms with Crippen LogP contribution in [0.15, 0.2) is 85.1 Å². The molecule has 0 saturated heterocycles. The summed E-state index contributed by atoms with van der Waals surface area (Å²) in [4.78, 5) is 15.6. The fraction of sp³-hybridized carbons (Fsp3) is 0.160. The third-order valence-corrected chi connectivity index (χ3v) is 5.03. The first-order chi connectivity index (χ1) is 14.3. The predicted molar refractivity (Wildman–Crippen MR) is 116 cm³/mol. The van der Waals surface area contributed by atoms with E-state index in [1.54, 1.807) is 0 Å². The van der Waals surface area contributed by atoms with Crippen molar-refractivity contribution in [3.8, 4) is 5.75 Å². The second-order valence-electron chi connectivity index (χ2n) is 7.01. The highest BCUT2D eigenvalue weighted by atomic mass is 16.5. The minimum Gasteiger partial charge on any atom is -0.489 e. The van der Waals surface area contributed by atoms with Crippen molar-refractivity contribution in [3.05, 3.63) is 102 Å². The Morgan fingerprint density at radius 1 is 0.828 bits per heavy atom. The molecule has 2 N–H and O–H groups in total. The van der Waals surface area contributed by atoms with Gasteiger partial charge in [0.1, 0.15) is 12.4 Å². The first kappa shape index (κ1) is 18.8. The van der Waals surface area contributed by atoms with Gasteiger partial charge in [-0.05, 0) is 41.3 Å². The van der Waals surface area contributed by atoms with Crippen LogP contribution in [0.2, 0.25) is 0 Å². The average molecular weight is 384 g/mol. The first-order valence-corrected chi connectivity index (χ1v) is 9.86. The lowest BCUT2D eigenvalue weighted by Crippen LogP contribution is -2.23. The summed E-state index contributed by atoms with van der Waals surface area (Å²) < 4.78 is 5.86. The Morgan fingerprint density at radius 3 is 2.41 bits per heavy atom. The summed E-state index contributed by atoms with van der Waals surface area (Å²) in [5, 5.41) is 4.23. The van der Waals surface area contributed by atoms with Crippen LogP contribution in [0.5, 0.6) is 5.75 Å². The van der Waals surface area contributed by atoms with E-state index < -0.39 is 0 Å². The lowest BCUT2D eigenvalue weighted by Gasteiger charge is -2.12. The van der Waals surface area contributed by atoms with Crippen molar-refractivity contribution in [1.82, 2.24) is 10.3 Å². The van der Waals surface area contributed by atoms with E-state index in [9.17, 15) is 4.79 Å². The van der Waals surface area contributed by atoms with Gasteiger partial charge in [-0.15, -0.1) is 0 Å². The molecule has 0 aliphatic heterocycles.